The van der Waals surface area contributed by atoms with Crippen LogP contribution in [0.3, 0.4) is 0 Å². The van der Waals surface area contributed by atoms with E-state index in [0.717, 1.165) is 14.7 Å². The maximum atomic E-state index is 12.4. The summed E-state index contributed by atoms with van der Waals surface area (Å²) in [5, 5.41) is 4.12. The highest BCUT2D eigenvalue weighted by Crippen LogP contribution is 2.22. The van der Waals surface area contributed by atoms with Crippen LogP contribution in [-0.4, -0.2) is 33.5 Å². The van der Waals surface area contributed by atoms with E-state index in [1.807, 2.05) is 29.7 Å². The van der Waals surface area contributed by atoms with Crippen molar-refractivity contribution in [3.8, 4) is 0 Å². The van der Waals surface area contributed by atoms with Gasteiger partial charge in [0.2, 0.25) is 0 Å². The maximum absolute atomic E-state index is 12.4. The van der Waals surface area contributed by atoms with Crippen LogP contribution in [-0.2, 0) is 18.3 Å². The highest BCUT2D eigenvalue weighted by molar-refractivity contribution is 9.10. The summed E-state index contributed by atoms with van der Waals surface area (Å²) in [5.41, 5.74) is 1.38. The third-order valence-corrected chi connectivity index (χ3v) is 4.97. The quantitative estimate of drug-likeness (QED) is 0.609. The standard InChI is InChI=1S/C16H17BrN4O2S/c1-3-23-9-8-21-13-5-4-11(17)10-14(13)24-16(21)18-15(22)12-6-7-20(2)19-12/h4-7,10H,3,8-9H2,1-2H3. The number of hydrogen-bond acceptors (Lipinski definition) is 4. The lowest BCUT2D eigenvalue weighted by molar-refractivity contribution is 0.0991. The van der Waals surface area contributed by atoms with Gasteiger partial charge in [-0.25, -0.2) is 0 Å². The van der Waals surface area contributed by atoms with Crippen molar-refractivity contribution >= 4 is 43.4 Å². The molecule has 1 amide bonds. The molecule has 0 aliphatic carbocycles. The molecule has 126 valence electrons. The molecule has 0 atom stereocenters. The van der Waals surface area contributed by atoms with Gasteiger partial charge >= 0.3 is 0 Å². The fraction of sp³-hybridized carbons (Fsp3) is 0.312. The van der Waals surface area contributed by atoms with Gasteiger partial charge in [0.1, 0.15) is 0 Å². The normalized spacial score (nSPS) is 12.2. The minimum absolute atomic E-state index is 0.340. The van der Waals surface area contributed by atoms with E-state index in [-0.39, 0.29) is 5.91 Å². The van der Waals surface area contributed by atoms with Gasteiger partial charge in [0.05, 0.1) is 16.8 Å². The number of carbonyl (C=O) groups is 1. The summed E-state index contributed by atoms with van der Waals surface area (Å²) in [7, 11) is 1.77. The van der Waals surface area contributed by atoms with Crippen molar-refractivity contribution in [1.29, 1.82) is 0 Å². The number of hydrogen-bond donors (Lipinski definition) is 0. The molecule has 0 radical (unpaired) electrons. The van der Waals surface area contributed by atoms with E-state index in [0.29, 0.717) is 30.3 Å². The lowest BCUT2D eigenvalue weighted by Gasteiger charge is -2.05. The van der Waals surface area contributed by atoms with Crippen LogP contribution in [0.2, 0.25) is 0 Å². The third kappa shape index (κ3) is 3.66. The van der Waals surface area contributed by atoms with E-state index >= 15 is 0 Å². The topological polar surface area (TPSA) is 61.4 Å². The number of carbonyl (C=O) groups excluding carboxylic acids is 1. The second-order valence-electron chi connectivity index (χ2n) is 5.14. The van der Waals surface area contributed by atoms with Gasteiger partial charge < -0.3 is 9.30 Å². The Hall–Kier alpha value is -1.77. The lowest BCUT2D eigenvalue weighted by Crippen LogP contribution is -2.20. The molecular weight excluding hydrogens is 392 g/mol. The molecule has 0 unspecified atom stereocenters. The summed E-state index contributed by atoms with van der Waals surface area (Å²) < 4.78 is 11.1. The number of aryl methyl sites for hydroxylation is 1. The van der Waals surface area contributed by atoms with Crippen LogP contribution in [0.25, 0.3) is 10.2 Å². The summed E-state index contributed by atoms with van der Waals surface area (Å²) in [4.78, 5) is 17.3. The van der Waals surface area contributed by atoms with Gasteiger partial charge in [-0.15, -0.1) is 0 Å². The molecule has 0 saturated carbocycles. The van der Waals surface area contributed by atoms with Crippen LogP contribution in [0.15, 0.2) is 39.9 Å². The highest BCUT2D eigenvalue weighted by atomic mass is 79.9. The first-order valence-corrected chi connectivity index (χ1v) is 9.15. The van der Waals surface area contributed by atoms with Crippen molar-refractivity contribution in [3.63, 3.8) is 0 Å². The molecule has 0 aliphatic rings. The number of aromatic nitrogens is 3. The fourth-order valence-corrected chi connectivity index (χ4v) is 3.93. The van der Waals surface area contributed by atoms with Crippen molar-refractivity contribution in [1.82, 2.24) is 14.3 Å². The van der Waals surface area contributed by atoms with Gasteiger partial charge in [-0.05, 0) is 31.2 Å². The van der Waals surface area contributed by atoms with Gasteiger partial charge in [0, 0.05) is 30.9 Å². The SMILES string of the molecule is CCOCCn1c(=NC(=O)c2ccn(C)n2)sc2cc(Br)ccc21. The number of benzene rings is 1. The van der Waals surface area contributed by atoms with E-state index < -0.39 is 0 Å². The zero-order valence-electron chi connectivity index (χ0n) is 13.4. The molecule has 0 N–H and O–H groups in total. The van der Waals surface area contributed by atoms with Gasteiger partial charge in [-0.2, -0.15) is 10.1 Å². The summed E-state index contributed by atoms with van der Waals surface area (Å²) in [5.74, 6) is -0.341. The zero-order chi connectivity index (χ0) is 17.1. The molecule has 3 aromatic rings. The van der Waals surface area contributed by atoms with Crippen LogP contribution in [0.5, 0.6) is 0 Å². The van der Waals surface area contributed by atoms with E-state index in [9.17, 15) is 4.79 Å². The predicted molar refractivity (Wildman–Crippen MR) is 97.1 cm³/mol. The minimum Gasteiger partial charge on any atom is -0.380 e. The second-order valence-corrected chi connectivity index (χ2v) is 7.06. The molecule has 0 bridgehead atoms. The van der Waals surface area contributed by atoms with Gasteiger partial charge in [-0.3, -0.25) is 9.48 Å². The van der Waals surface area contributed by atoms with Crippen molar-refractivity contribution in [3.05, 3.63) is 45.4 Å². The van der Waals surface area contributed by atoms with Crippen molar-refractivity contribution in [2.75, 3.05) is 13.2 Å². The molecule has 0 saturated heterocycles. The molecule has 1 aromatic carbocycles. The largest absolute Gasteiger partial charge is 0.380 e. The number of amides is 1. The van der Waals surface area contributed by atoms with Crippen molar-refractivity contribution in [2.45, 2.75) is 13.5 Å². The Labute approximate surface area is 151 Å². The summed E-state index contributed by atoms with van der Waals surface area (Å²) in [6.07, 6.45) is 1.73. The Balaban J connectivity index is 2.06. The van der Waals surface area contributed by atoms with Crippen LogP contribution in [0.1, 0.15) is 17.4 Å². The number of halogens is 1. The maximum Gasteiger partial charge on any atom is 0.300 e. The van der Waals surface area contributed by atoms with E-state index in [1.165, 1.54) is 11.3 Å². The highest BCUT2D eigenvalue weighted by Gasteiger charge is 2.11. The average molecular weight is 409 g/mol. The first kappa shape index (κ1) is 17.1. The molecule has 0 fully saturated rings. The molecule has 0 aliphatic heterocycles. The Morgan fingerprint density at radius 1 is 1.42 bits per heavy atom. The summed E-state index contributed by atoms with van der Waals surface area (Å²) in [6, 6.07) is 7.70. The van der Waals surface area contributed by atoms with Crippen molar-refractivity contribution in [2.24, 2.45) is 12.0 Å². The Bertz CT molecular complexity index is 941. The van der Waals surface area contributed by atoms with E-state index in [4.69, 9.17) is 4.74 Å². The number of thiazole rings is 1. The third-order valence-electron chi connectivity index (χ3n) is 3.44. The number of rotatable bonds is 5. The molecule has 2 aromatic heterocycles. The van der Waals surface area contributed by atoms with Crippen LogP contribution in [0.4, 0.5) is 0 Å². The Morgan fingerprint density at radius 2 is 2.25 bits per heavy atom. The summed E-state index contributed by atoms with van der Waals surface area (Å²) in [6.45, 7) is 3.84. The van der Waals surface area contributed by atoms with Crippen LogP contribution >= 0.6 is 27.3 Å². The Morgan fingerprint density at radius 3 is 2.96 bits per heavy atom. The van der Waals surface area contributed by atoms with Crippen LogP contribution < -0.4 is 4.80 Å². The van der Waals surface area contributed by atoms with E-state index in [1.54, 1.807) is 24.0 Å². The van der Waals surface area contributed by atoms with Gasteiger partial charge in [0.25, 0.3) is 5.91 Å². The fourth-order valence-electron chi connectivity index (χ4n) is 2.32. The molecular formula is C16H17BrN4O2S. The predicted octanol–water partition coefficient (Wildman–Crippen LogP) is 2.98. The molecule has 0 spiro atoms. The first-order chi connectivity index (χ1) is 11.6. The average Bonchev–Trinajstić information content (AvgIpc) is 3.11. The zero-order valence-corrected chi connectivity index (χ0v) is 15.8. The first-order valence-electron chi connectivity index (χ1n) is 7.54. The minimum atomic E-state index is -0.341. The molecule has 2 heterocycles. The molecule has 8 heteroatoms. The monoisotopic (exact) mass is 408 g/mol. The number of nitrogens with zero attached hydrogens (tertiary/aromatic N) is 4. The smallest absolute Gasteiger partial charge is 0.300 e. The number of fused-ring (bicyclic) bond motifs is 1. The number of ether oxygens (including phenoxy) is 1. The summed E-state index contributed by atoms with van der Waals surface area (Å²) >= 11 is 4.96. The second kappa shape index (κ2) is 7.42. The van der Waals surface area contributed by atoms with Crippen LogP contribution in [0, 0.1) is 0 Å². The van der Waals surface area contributed by atoms with Crippen molar-refractivity contribution < 1.29 is 9.53 Å². The van der Waals surface area contributed by atoms with E-state index in [2.05, 4.69) is 26.0 Å². The van der Waals surface area contributed by atoms with Gasteiger partial charge in [0.15, 0.2) is 10.5 Å². The Kier molecular flexibility index (Phi) is 5.27. The molecule has 24 heavy (non-hydrogen) atoms. The lowest BCUT2D eigenvalue weighted by atomic mass is 10.3. The molecule has 6 nitrogen and oxygen atoms in total. The van der Waals surface area contributed by atoms with Gasteiger partial charge in [-0.1, -0.05) is 27.3 Å². The molecule has 3 rings (SSSR count).